The van der Waals surface area contributed by atoms with E-state index in [1.165, 1.54) is 47.8 Å². The molecule has 0 aliphatic carbocycles. The third-order valence-corrected chi connectivity index (χ3v) is 5.98. The van der Waals surface area contributed by atoms with Gasteiger partial charge in [-0.15, -0.1) is 0 Å². The molecule has 2 aliphatic heterocycles. The predicted octanol–water partition coefficient (Wildman–Crippen LogP) is 4.97. The Bertz CT molecular complexity index is 733. The summed E-state index contributed by atoms with van der Waals surface area (Å²) in [7, 11) is 0. The summed E-state index contributed by atoms with van der Waals surface area (Å²) in [5.74, 6) is 0.970. The zero-order valence-electron chi connectivity index (χ0n) is 14.7. The summed E-state index contributed by atoms with van der Waals surface area (Å²) in [6.07, 6.45) is 9.06. The lowest BCUT2D eigenvalue weighted by molar-refractivity contribution is -0.139. The van der Waals surface area contributed by atoms with Crippen LogP contribution in [0.5, 0.6) is 0 Å². The summed E-state index contributed by atoms with van der Waals surface area (Å²) >= 11 is 0. The smallest absolute Gasteiger partial charge is 0.223 e. The van der Waals surface area contributed by atoms with Gasteiger partial charge in [-0.3, -0.25) is 4.79 Å². The van der Waals surface area contributed by atoms with Crippen LogP contribution in [0.3, 0.4) is 0 Å². The van der Waals surface area contributed by atoms with E-state index in [-0.39, 0.29) is 6.04 Å². The Morgan fingerprint density at radius 2 is 2.08 bits per heavy atom. The van der Waals surface area contributed by atoms with Gasteiger partial charge >= 0.3 is 0 Å². The van der Waals surface area contributed by atoms with Crippen LogP contribution in [0.4, 0.5) is 0 Å². The number of fused-ring (bicyclic) bond motifs is 5. The highest BCUT2D eigenvalue weighted by Gasteiger charge is 2.39. The minimum Gasteiger partial charge on any atom is -0.356 e. The van der Waals surface area contributed by atoms with Crippen LogP contribution in [0.25, 0.3) is 10.9 Å². The molecule has 1 N–H and O–H groups in total. The van der Waals surface area contributed by atoms with Crippen LogP contribution in [0.15, 0.2) is 24.3 Å². The number of nitrogens with one attached hydrogen (secondary N) is 1. The van der Waals surface area contributed by atoms with Gasteiger partial charge in [-0.25, -0.2) is 0 Å². The van der Waals surface area contributed by atoms with Crippen molar-refractivity contribution in [3.8, 4) is 0 Å². The Hall–Kier alpha value is -1.77. The molecule has 0 unspecified atom stereocenters. The SMILES string of the molecule is CCCCC[C@@H]1CCC(=O)N2CCCc3c([nH]c4ccccc34)[C@@H]12. The Labute approximate surface area is 144 Å². The summed E-state index contributed by atoms with van der Waals surface area (Å²) in [6.45, 7) is 3.18. The van der Waals surface area contributed by atoms with Gasteiger partial charge in [0, 0.05) is 29.6 Å². The predicted molar refractivity (Wildman–Crippen MR) is 97.9 cm³/mol. The standard InChI is InChI=1S/C21H28N2O/c1-2-3-4-8-15-12-13-19(24)23-14-7-10-17-16-9-5-6-11-18(16)22-20(17)21(15)23/h5-6,9,11,15,21-22H,2-4,7-8,10,12-14H2,1H3/t15-,21-/m1/s1. The van der Waals surface area contributed by atoms with Crippen molar-refractivity contribution in [3.05, 3.63) is 35.5 Å². The number of carbonyl (C=O) groups is 1. The van der Waals surface area contributed by atoms with Crippen LogP contribution in [-0.4, -0.2) is 22.3 Å². The van der Waals surface area contributed by atoms with Gasteiger partial charge in [0.2, 0.25) is 5.91 Å². The molecule has 2 aliphatic rings. The van der Waals surface area contributed by atoms with E-state index in [9.17, 15) is 4.79 Å². The summed E-state index contributed by atoms with van der Waals surface area (Å²) < 4.78 is 0. The van der Waals surface area contributed by atoms with Gasteiger partial charge in [0.1, 0.15) is 0 Å². The second-order valence-electron chi connectivity index (χ2n) is 7.49. The van der Waals surface area contributed by atoms with Gasteiger partial charge < -0.3 is 9.88 Å². The molecule has 2 atom stereocenters. The average Bonchev–Trinajstić information content (AvgIpc) is 2.85. The summed E-state index contributed by atoms with van der Waals surface area (Å²) in [5.41, 5.74) is 4.03. The number of unbranched alkanes of at least 4 members (excludes halogenated alkanes) is 2. The first-order valence-electron chi connectivity index (χ1n) is 9.68. The van der Waals surface area contributed by atoms with Crippen LogP contribution in [0.1, 0.15) is 69.2 Å². The van der Waals surface area contributed by atoms with E-state index in [1.54, 1.807) is 0 Å². The number of hydrogen-bond donors (Lipinski definition) is 1. The van der Waals surface area contributed by atoms with Gasteiger partial charge in [0.05, 0.1) is 6.04 Å². The number of benzene rings is 1. The zero-order chi connectivity index (χ0) is 16.5. The van der Waals surface area contributed by atoms with E-state index in [2.05, 4.69) is 41.1 Å². The molecular formula is C21H28N2O. The molecule has 1 amide bonds. The number of aromatic amines is 1. The number of rotatable bonds is 4. The van der Waals surface area contributed by atoms with Gasteiger partial charge in [-0.1, -0.05) is 44.4 Å². The molecule has 1 fully saturated rings. The fourth-order valence-corrected chi connectivity index (χ4v) is 4.80. The van der Waals surface area contributed by atoms with Crippen molar-refractivity contribution in [2.45, 2.75) is 64.3 Å². The van der Waals surface area contributed by atoms with Gasteiger partial charge in [0.25, 0.3) is 0 Å². The van der Waals surface area contributed by atoms with E-state index < -0.39 is 0 Å². The van der Waals surface area contributed by atoms with Crippen LogP contribution >= 0.6 is 0 Å². The number of piperidine rings is 1. The number of H-pyrrole nitrogens is 1. The largest absolute Gasteiger partial charge is 0.356 e. The average molecular weight is 324 g/mol. The molecule has 0 bridgehead atoms. The Morgan fingerprint density at radius 1 is 1.21 bits per heavy atom. The monoisotopic (exact) mass is 324 g/mol. The number of para-hydroxylation sites is 1. The molecule has 1 aromatic carbocycles. The molecule has 1 aromatic heterocycles. The highest BCUT2D eigenvalue weighted by molar-refractivity contribution is 5.86. The fourth-order valence-electron chi connectivity index (χ4n) is 4.80. The van der Waals surface area contributed by atoms with E-state index in [0.717, 1.165) is 32.2 Å². The Balaban J connectivity index is 1.75. The topological polar surface area (TPSA) is 36.1 Å². The normalized spacial score (nSPS) is 23.9. The molecular weight excluding hydrogens is 296 g/mol. The van der Waals surface area contributed by atoms with E-state index in [1.807, 2.05) is 0 Å². The van der Waals surface area contributed by atoms with Gasteiger partial charge in [-0.2, -0.15) is 0 Å². The number of hydrogen-bond acceptors (Lipinski definition) is 1. The quantitative estimate of drug-likeness (QED) is 0.792. The number of carbonyl (C=O) groups excluding carboxylic acids is 1. The van der Waals surface area contributed by atoms with Gasteiger partial charge in [-0.05, 0) is 43.2 Å². The van der Waals surface area contributed by atoms with Crippen molar-refractivity contribution in [2.24, 2.45) is 5.92 Å². The third kappa shape index (κ3) is 2.64. The first-order chi connectivity index (χ1) is 11.8. The lowest BCUT2D eigenvalue weighted by Gasteiger charge is -2.40. The molecule has 24 heavy (non-hydrogen) atoms. The van der Waals surface area contributed by atoms with E-state index in [4.69, 9.17) is 0 Å². The highest BCUT2D eigenvalue weighted by Crippen LogP contribution is 2.44. The van der Waals surface area contributed by atoms with Gasteiger partial charge in [0.15, 0.2) is 0 Å². The molecule has 1 saturated heterocycles. The van der Waals surface area contributed by atoms with Crippen molar-refractivity contribution in [2.75, 3.05) is 6.54 Å². The zero-order valence-corrected chi connectivity index (χ0v) is 14.7. The lowest BCUT2D eigenvalue weighted by Crippen LogP contribution is -2.43. The number of aromatic nitrogens is 1. The number of amides is 1. The van der Waals surface area contributed by atoms with Crippen LogP contribution in [-0.2, 0) is 11.2 Å². The molecule has 2 aromatic rings. The van der Waals surface area contributed by atoms with Crippen LogP contribution < -0.4 is 0 Å². The summed E-state index contributed by atoms with van der Waals surface area (Å²) in [4.78, 5) is 18.5. The summed E-state index contributed by atoms with van der Waals surface area (Å²) in [6, 6.07) is 8.90. The Morgan fingerprint density at radius 3 is 2.96 bits per heavy atom. The molecule has 128 valence electrons. The maximum atomic E-state index is 12.6. The lowest BCUT2D eigenvalue weighted by atomic mass is 9.82. The summed E-state index contributed by atoms with van der Waals surface area (Å²) in [5, 5.41) is 1.36. The second-order valence-corrected chi connectivity index (χ2v) is 7.49. The minimum atomic E-state index is 0.271. The maximum Gasteiger partial charge on any atom is 0.223 e. The van der Waals surface area contributed by atoms with Crippen molar-refractivity contribution in [3.63, 3.8) is 0 Å². The highest BCUT2D eigenvalue weighted by atomic mass is 16.2. The number of aryl methyl sites for hydroxylation is 1. The first-order valence-corrected chi connectivity index (χ1v) is 9.68. The second kappa shape index (κ2) is 6.62. The van der Waals surface area contributed by atoms with E-state index in [0.29, 0.717) is 11.8 Å². The molecule has 0 radical (unpaired) electrons. The van der Waals surface area contributed by atoms with Crippen LogP contribution in [0.2, 0.25) is 0 Å². The molecule has 4 rings (SSSR count). The number of nitrogens with zero attached hydrogens (tertiary/aromatic N) is 1. The molecule has 0 spiro atoms. The van der Waals surface area contributed by atoms with Crippen LogP contribution in [0, 0.1) is 5.92 Å². The van der Waals surface area contributed by atoms with Crippen molar-refractivity contribution in [1.29, 1.82) is 0 Å². The first kappa shape index (κ1) is 15.7. The minimum absolute atomic E-state index is 0.271. The third-order valence-electron chi connectivity index (χ3n) is 5.98. The fraction of sp³-hybridized carbons (Fsp3) is 0.571. The van der Waals surface area contributed by atoms with Crippen molar-refractivity contribution in [1.82, 2.24) is 9.88 Å². The molecule has 3 heterocycles. The van der Waals surface area contributed by atoms with Crippen molar-refractivity contribution >= 4 is 16.8 Å². The maximum absolute atomic E-state index is 12.6. The van der Waals surface area contributed by atoms with E-state index >= 15 is 0 Å². The molecule has 0 saturated carbocycles. The molecule has 3 heteroatoms. The Kier molecular flexibility index (Phi) is 4.34. The molecule has 3 nitrogen and oxygen atoms in total. The van der Waals surface area contributed by atoms with Crippen molar-refractivity contribution < 1.29 is 4.79 Å².